The van der Waals surface area contributed by atoms with Crippen molar-refractivity contribution < 1.29 is 24.2 Å². The fourth-order valence-corrected chi connectivity index (χ4v) is 3.50. The summed E-state index contributed by atoms with van der Waals surface area (Å²) in [5, 5.41) is 13.9. The van der Waals surface area contributed by atoms with Crippen LogP contribution in [0.2, 0.25) is 0 Å². The number of aliphatic hydroxyl groups is 1. The summed E-state index contributed by atoms with van der Waals surface area (Å²) in [6.45, 7) is 7.80. The first-order valence-electron chi connectivity index (χ1n) is 11.2. The van der Waals surface area contributed by atoms with Crippen LogP contribution in [0, 0.1) is 12.8 Å². The molecule has 182 valence electrons. The van der Waals surface area contributed by atoms with Crippen LogP contribution >= 0.6 is 0 Å². The molecule has 0 aliphatic carbocycles. The topological polar surface area (TPSA) is 104 Å². The first-order chi connectivity index (χ1) is 16.2. The Bertz CT molecular complexity index is 1020. The minimum absolute atomic E-state index is 0.0153. The number of methoxy groups -OCH3 is 1. The van der Waals surface area contributed by atoms with E-state index < -0.39 is 24.3 Å². The van der Waals surface area contributed by atoms with Crippen LogP contribution in [0.5, 0.6) is 5.75 Å². The smallest absolute Gasteiger partial charge is 0.327 e. The lowest BCUT2D eigenvalue weighted by Crippen LogP contribution is -2.66. The molecule has 0 saturated carbocycles. The number of carbonyl (C=O) groups is 2. The minimum Gasteiger partial charge on any atom is -0.491 e. The van der Waals surface area contributed by atoms with Crippen molar-refractivity contribution in [1.82, 2.24) is 15.1 Å². The molecule has 2 amide bonds. The van der Waals surface area contributed by atoms with Crippen LogP contribution in [0.1, 0.15) is 31.9 Å². The molecule has 2 atom stereocenters. The van der Waals surface area contributed by atoms with Crippen molar-refractivity contribution in [3.05, 3.63) is 59.7 Å². The van der Waals surface area contributed by atoms with E-state index in [2.05, 4.69) is 10.3 Å². The van der Waals surface area contributed by atoms with E-state index in [0.29, 0.717) is 11.4 Å². The van der Waals surface area contributed by atoms with E-state index >= 15 is 0 Å². The molecule has 2 aromatic rings. The second-order valence-electron chi connectivity index (χ2n) is 8.56. The monoisotopic (exact) mass is 468 g/mol. The molecular formula is C25H32N4O5. The highest BCUT2D eigenvalue weighted by atomic mass is 16.5. The predicted octanol–water partition coefficient (Wildman–Crippen LogP) is 3.38. The van der Waals surface area contributed by atoms with Gasteiger partial charge in [-0.2, -0.15) is 0 Å². The summed E-state index contributed by atoms with van der Waals surface area (Å²) in [7, 11) is 1.29. The molecule has 2 aromatic carbocycles. The Morgan fingerprint density at radius 2 is 1.74 bits per heavy atom. The number of hydrogen-bond donors (Lipinski definition) is 2. The number of benzene rings is 2. The van der Waals surface area contributed by atoms with Gasteiger partial charge in [-0.3, -0.25) is 19.9 Å². The van der Waals surface area contributed by atoms with Gasteiger partial charge < -0.3 is 14.6 Å². The number of carbonyl (C=O) groups excluding carboxylic acids is 2. The van der Waals surface area contributed by atoms with Crippen LogP contribution in [-0.2, 0) is 16.1 Å². The average Bonchev–Trinajstić information content (AvgIpc) is 2.80. The molecule has 1 fully saturated rings. The molecule has 0 bridgehead atoms. The van der Waals surface area contributed by atoms with Gasteiger partial charge in [0.1, 0.15) is 5.75 Å². The van der Waals surface area contributed by atoms with Gasteiger partial charge in [-0.25, -0.2) is 9.79 Å². The SMILES string of the molecule is COC(=O)[C@@H](C)CN1C(=O)NC(=Nc2ccc(OC(C)C)cc2)N(Cc2ccc(C)cc2)C1O. The first-order valence-corrected chi connectivity index (χ1v) is 11.2. The number of amides is 2. The summed E-state index contributed by atoms with van der Waals surface area (Å²) in [5.41, 5.74) is 2.63. The average molecular weight is 469 g/mol. The normalized spacial score (nSPS) is 18.1. The van der Waals surface area contributed by atoms with E-state index in [9.17, 15) is 14.7 Å². The van der Waals surface area contributed by atoms with E-state index in [-0.39, 0.29) is 25.2 Å². The zero-order valence-corrected chi connectivity index (χ0v) is 20.2. The molecule has 1 heterocycles. The second-order valence-corrected chi connectivity index (χ2v) is 8.56. The van der Waals surface area contributed by atoms with Crippen LogP contribution in [0.4, 0.5) is 10.5 Å². The number of esters is 1. The van der Waals surface area contributed by atoms with Crippen molar-refractivity contribution in [3.8, 4) is 5.75 Å². The molecule has 34 heavy (non-hydrogen) atoms. The van der Waals surface area contributed by atoms with Crippen LogP contribution in [0.25, 0.3) is 0 Å². The minimum atomic E-state index is -1.33. The molecule has 9 nitrogen and oxygen atoms in total. The second kappa shape index (κ2) is 11.0. The first kappa shape index (κ1) is 25.0. The molecule has 1 aliphatic heterocycles. The van der Waals surface area contributed by atoms with E-state index in [1.54, 1.807) is 36.1 Å². The Hall–Kier alpha value is -3.59. The van der Waals surface area contributed by atoms with E-state index in [1.165, 1.54) is 12.0 Å². The highest BCUT2D eigenvalue weighted by molar-refractivity contribution is 5.99. The summed E-state index contributed by atoms with van der Waals surface area (Å²) < 4.78 is 10.4. The van der Waals surface area contributed by atoms with Crippen LogP contribution in [-0.4, -0.2) is 59.0 Å². The Labute approximate surface area is 200 Å². The molecule has 0 radical (unpaired) electrons. The molecule has 9 heteroatoms. The van der Waals surface area contributed by atoms with Gasteiger partial charge in [-0.15, -0.1) is 0 Å². The fraction of sp³-hybridized carbons (Fsp3) is 0.400. The molecule has 1 saturated heterocycles. The van der Waals surface area contributed by atoms with Crippen molar-refractivity contribution in [2.45, 2.75) is 46.7 Å². The number of hydrogen-bond acceptors (Lipinski definition) is 6. The largest absolute Gasteiger partial charge is 0.491 e. The Morgan fingerprint density at radius 1 is 1.09 bits per heavy atom. The Balaban J connectivity index is 1.90. The standard InChI is InChI=1S/C25H32N4O5/c1-16(2)34-21-12-10-20(11-13-21)26-23-27-24(31)29(14-18(4)22(30)33-5)25(32)28(23)15-19-8-6-17(3)7-9-19/h6-13,16,18,25,32H,14-15H2,1-5H3,(H,26,27,31)/t18-,25?/m0/s1. The lowest BCUT2D eigenvalue weighted by atomic mass is 10.1. The van der Waals surface area contributed by atoms with Crippen molar-refractivity contribution in [1.29, 1.82) is 0 Å². The number of guanidine groups is 1. The van der Waals surface area contributed by atoms with E-state index in [0.717, 1.165) is 11.1 Å². The molecule has 1 unspecified atom stereocenters. The third kappa shape index (κ3) is 6.26. The fourth-order valence-electron chi connectivity index (χ4n) is 3.50. The van der Waals surface area contributed by atoms with Gasteiger partial charge in [-0.1, -0.05) is 36.8 Å². The number of urea groups is 1. The molecule has 1 aliphatic rings. The number of aliphatic hydroxyl groups excluding tert-OH is 1. The molecular weight excluding hydrogens is 436 g/mol. The maximum absolute atomic E-state index is 12.8. The van der Waals surface area contributed by atoms with Crippen molar-refractivity contribution >= 4 is 23.6 Å². The van der Waals surface area contributed by atoms with E-state index in [4.69, 9.17) is 9.47 Å². The third-order valence-corrected chi connectivity index (χ3v) is 5.30. The Kier molecular flexibility index (Phi) is 8.12. The number of ether oxygens (including phenoxy) is 2. The van der Waals surface area contributed by atoms with Crippen molar-refractivity contribution in [2.24, 2.45) is 10.9 Å². The maximum atomic E-state index is 12.8. The van der Waals surface area contributed by atoms with Crippen LogP contribution in [0.15, 0.2) is 53.5 Å². The van der Waals surface area contributed by atoms with Crippen LogP contribution < -0.4 is 10.1 Å². The van der Waals surface area contributed by atoms with Gasteiger partial charge in [0, 0.05) is 6.54 Å². The van der Waals surface area contributed by atoms with Crippen molar-refractivity contribution in [2.75, 3.05) is 13.7 Å². The zero-order chi connectivity index (χ0) is 24.8. The van der Waals surface area contributed by atoms with Gasteiger partial charge in [0.2, 0.25) is 12.3 Å². The zero-order valence-electron chi connectivity index (χ0n) is 20.2. The quantitative estimate of drug-likeness (QED) is 0.576. The van der Waals surface area contributed by atoms with Crippen molar-refractivity contribution in [3.63, 3.8) is 0 Å². The number of aryl methyl sites for hydroxylation is 1. The predicted molar refractivity (Wildman–Crippen MR) is 128 cm³/mol. The third-order valence-electron chi connectivity index (χ3n) is 5.30. The van der Waals surface area contributed by atoms with Gasteiger partial charge in [0.05, 0.1) is 31.4 Å². The van der Waals surface area contributed by atoms with Gasteiger partial charge in [0.25, 0.3) is 0 Å². The van der Waals surface area contributed by atoms with E-state index in [1.807, 2.05) is 45.0 Å². The lowest BCUT2D eigenvalue weighted by molar-refractivity contribution is -0.147. The summed E-state index contributed by atoms with van der Waals surface area (Å²) in [6, 6.07) is 14.5. The maximum Gasteiger partial charge on any atom is 0.327 e. The summed E-state index contributed by atoms with van der Waals surface area (Å²) >= 11 is 0. The molecule has 2 N–H and O–H groups in total. The van der Waals surface area contributed by atoms with Gasteiger partial charge in [0.15, 0.2) is 0 Å². The summed E-state index contributed by atoms with van der Waals surface area (Å²) in [5.74, 6) is -0.157. The Morgan fingerprint density at radius 3 is 2.32 bits per heavy atom. The highest BCUT2D eigenvalue weighted by Gasteiger charge is 2.38. The summed E-state index contributed by atoms with van der Waals surface area (Å²) in [6.07, 6.45) is -1.28. The number of nitrogens with one attached hydrogen (secondary N) is 1. The highest BCUT2D eigenvalue weighted by Crippen LogP contribution is 2.23. The van der Waals surface area contributed by atoms with Gasteiger partial charge >= 0.3 is 12.0 Å². The number of aliphatic imine (C=N–C) groups is 1. The number of nitrogens with zero attached hydrogens (tertiary/aromatic N) is 3. The summed E-state index contributed by atoms with van der Waals surface area (Å²) in [4.78, 5) is 32.1. The van der Waals surface area contributed by atoms with Gasteiger partial charge in [-0.05, 0) is 50.6 Å². The molecule has 3 rings (SSSR count). The van der Waals surface area contributed by atoms with Crippen LogP contribution in [0.3, 0.4) is 0 Å². The number of rotatable bonds is 8. The molecule has 0 aromatic heterocycles. The molecule has 0 spiro atoms. The lowest BCUT2D eigenvalue weighted by Gasteiger charge is -2.42.